The van der Waals surface area contributed by atoms with Crippen LogP contribution in [-0.2, 0) is 0 Å². The van der Waals surface area contributed by atoms with Gasteiger partial charge in [-0.1, -0.05) is 0 Å². The van der Waals surface area contributed by atoms with Crippen molar-refractivity contribution in [1.29, 1.82) is 0 Å². The molecular weight excluding hydrogens is 86.0 g/mol. The van der Waals surface area contributed by atoms with Gasteiger partial charge in [0, 0.05) is 6.42 Å². The second-order valence-electron chi connectivity index (χ2n) is 1.07. The molecule has 0 aliphatic rings. The van der Waals surface area contributed by atoms with Gasteiger partial charge < -0.3 is 0 Å². The van der Waals surface area contributed by atoms with Crippen molar-refractivity contribution in [2.45, 2.75) is 12.6 Å². The highest BCUT2D eigenvalue weighted by Gasteiger charge is 1.92. The molecule has 0 spiro atoms. The van der Waals surface area contributed by atoms with E-state index in [0.717, 1.165) is 0 Å². The Labute approximate surface area is 36.2 Å². The van der Waals surface area contributed by atoms with Crippen molar-refractivity contribution < 1.29 is 8.78 Å². The van der Waals surface area contributed by atoms with Crippen LogP contribution in [0.5, 0.6) is 0 Å². The van der Waals surface area contributed by atoms with Gasteiger partial charge in [0.1, 0.15) is 6.17 Å². The maximum atomic E-state index is 11.4. The average Bonchev–Trinajstić information content (AvgIpc) is 1.35. The summed E-state index contributed by atoms with van der Waals surface area (Å²) in [5.74, 6) is 0. The molecule has 0 aromatic heterocycles. The number of halogens is 2. The fraction of sp³-hybridized carbons (Fsp3) is 0.750. The maximum Gasteiger partial charge on any atom is 0.103 e. The summed E-state index contributed by atoms with van der Waals surface area (Å²) in [5.41, 5.74) is 0. The molecule has 6 heavy (non-hydrogen) atoms. The molecule has 0 saturated heterocycles. The smallest absolute Gasteiger partial charge is 0.103 e. The third-order valence-electron chi connectivity index (χ3n) is 0.422. The minimum atomic E-state index is -1.23. The lowest BCUT2D eigenvalue weighted by molar-refractivity contribution is 0.331. The summed E-state index contributed by atoms with van der Waals surface area (Å²) in [5, 5.41) is 0. The highest BCUT2D eigenvalue weighted by atomic mass is 19.1. The molecule has 0 amide bonds. The number of rotatable bonds is 2. The Morgan fingerprint density at radius 3 is 2.17 bits per heavy atom. The summed E-state index contributed by atoms with van der Waals surface area (Å²) < 4.78 is 22.3. The Morgan fingerprint density at radius 2 is 2.17 bits per heavy atom. The number of alkyl halides is 2. The normalized spacial score (nSPS) is 14.5. The lowest BCUT2D eigenvalue weighted by atomic mass is 10.3. The average molecular weight is 93.1 g/mol. The Morgan fingerprint density at radius 1 is 1.67 bits per heavy atom. The summed E-state index contributed by atoms with van der Waals surface area (Å²) in [6.45, 7) is 2.32. The van der Waals surface area contributed by atoms with Gasteiger partial charge in [0.05, 0.1) is 6.67 Å². The first kappa shape index (κ1) is 5.86. The summed E-state index contributed by atoms with van der Waals surface area (Å²) in [4.78, 5) is 0. The largest absolute Gasteiger partial charge is 0.251 e. The minimum Gasteiger partial charge on any atom is -0.251 e. The van der Waals surface area contributed by atoms with Crippen LogP contribution in [0.3, 0.4) is 0 Å². The third kappa shape index (κ3) is 3.86. The van der Waals surface area contributed by atoms with Crippen LogP contribution in [-0.4, -0.2) is 12.8 Å². The monoisotopic (exact) mass is 93.1 g/mol. The van der Waals surface area contributed by atoms with Crippen molar-refractivity contribution in [2.24, 2.45) is 0 Å². The Hall–Kier alpha value is -0.140. The number of hydrogen-bond acceptors (Lipinski definition) is 0. The summed E-state index contributed by atoms with van der Waals surface area (Å²) in [7, 11) is 0. The molecule has 1 radical (unpaired) electrons. The molecule has 0 aliphatic carbocycles. The van der Waals surface area contributed by atoms with Crippen molar-refractivity contribution >= 4 is 0 Å². The fourth-order valence-electron chi connectivity index (χ4n) is 0.118. The summed E-state index contributed by atoms with van der Waals surface area (Å²) >= 11 is 0. The van der Waals surface area contributed by atoms with Crippen molar-refractivity contribution in [3.8, 4) is 0 Å². The van der Waals surface area contributed by atoms with Gasteiger partial charge in [0.25, 0.3) is 0 Å². The van der Waals surface area contributed by atoms with Gasteiger partial charge in [0.15, 0.2) is 0 Å². The first-order valence-electron chi connectivity index (χ1n) is 1.80. The SMILES string of the molecule is [CH2]C(F)CCF. The molecule has 37 valence electrons. The van der Waals surface area contributed by atoms with Crippen molar-refractivity contribution in [1.82, 2.24) is 0 Å². The lowest BCUT2D eigenvalue weighted by Crippen LogP contribution is -1.91. The molecule has 0 saturated carbocycles. The van der Waals surface area contributed by atoms with Crippen LogP contribution in [0, 0.1) is 6.92 Å². The zero-order valence-electron chi connectivity index (χ0n) is 3.45. The van der Waals surface area contributed by atoms with Gasteiger partial charge in [-0.05, 0) is 6.92 Å². The molecule has 0 rings (SSSR count). The zero-order valence-corrected chi connectivity index (χ0v) is 3.45. The van der Waals surface area contributed by atoms with Crippen molar-refractivity contribution in [2.75, 3.05) is 6.67 Å². The standard InChI is InChI=1S/C4H7F2/c1-4(6)2-3-5/h4H,1-3H2. The summed E-state index contributed by atoms with van der Waals surface area (Å²) in [6, 6.07) is 0. The van der Waals surface area contributed by atoms with E-state index in [-0.39, 0.29) is 6.42 Å². The second kappa shape index (κ2) is 3.07. The van der Waals surface area contributed by atoms with Crippen molar-refractivity contribution in [3.05, 3.63) is 6.92 Å². The highest BCUT2D eigenvalue weighted by molar-refractivity contribution is 4.54. The van der Waals surface area contributed by atoms with E-state index in [1.165, 1.54) is 0 Å². The van der Waals surface area contributed by atoms with E-state index in [1.54, 1.807) is 0 Å². The van der Waals surface area contributed by atoms with E-state index in [9.17, 15) is 8.78 Å². The molecular formula is C4H7F2. The Bertz CT molecular complexity index is 26.7. The minimum absolute atomic E-state index is 0.0694. The van der Waals surface area contributed by atoms with Gasteiger partial charge >= 0.3 is 0 Å². The van der Waals surface area contributed by atoms with Crippen LogP contribution in [0.15, 0.2) is 0 Å². The second-order valence-corrected chi connectivity index (χ2v) is 1.07. The maximum absolute atomic E-state index is 11.4. The van der Waals surface area contributed by atoms with Crippen LogP contribution < -0.4 is 0 Å². The Kier molecular flexibility index (Phi) is 2.99. The van der Waals surface area contributed by atoms with E-state index in [0.29, 0.717) is 0 Å². The van der Waals surface area contributed by atoms with Crippen LogP contribution in [0.25, 0.3) is 0 Å². The predicted molar refractivity (Wildman–Crippen MR) is 20.8 cm³/mol. The van der Waals surface area contributed by atoms with E-state index < -0.39 is 12.8 Å². The van der Waals surface area contributed by atoms with Crippen molar-refractivity contribution in [3.63, 3.8) is 0 Å². The van der Waals surface area contributed by atoms with Gasteiger partial charge in [0.2, 0.25) is 0 Å². The molecule has 1 unspecified atom stereocenters. The number of hydrogen-bond donors (Lipinski definition) is 0. The fourth-order valence-corrected chi connectivity index (χ4v) is 0.118. The molecule has 0 bridgehead atoms. The predicted octanol–water partition coefficient (Wildman–Crippen LogP) is 1.52. The molecule has 0 fully saturated rings. The first-order chi connectivity index (χ1) is 2.77. The highest BCUT2D eigenvalue weighted by Crippen LogP contribution is 1.92. The molecule has 0 aliphatic heterocycles. The first-order valence-corrected chi connectivity index (χ1v) is 1.80. The molecule has 1 atom stereocenters. The molecule has 0 aromatic rings. The molecule has 2 heteroatoms. The van der Waals surface area contributed by atoms with Crippen LogP contribution >= 0.6 is 0 Å². The van der Waals surface area contributed by atoms with Crippen LogP contribution in [0.2, 0.25) is 0 Å². The topological polar surface area (TPSA) is 0 Å². The van der Waals surface area contributed by atoms with Crippen LogP contribution in [0.4, 0.5) is 8.78 Å². The molecule has 0 aromatic carbocycles. The lowest BCUT2D eigenvalue weighted by Gasteiger charge is -1.89. The molecule has 0 heterocycles. The Balaban J connectivity index is 2.63. The van der Waals surface area contributed by atoms with Gasteiger partial charge in [-0.25, -0.2) is 4.39 Å². The van der Waals surface area contributed by atoms with E-state index in [1.807, 2.05) is 0 Å². The molecule has 0 nitrogen and oxygen atoms in total. The quantitative estimate of drug-likeness (QED) is 0.485. The zero-order chi connectivity index (χ0) is 4.99. The third-order valence-corrected chi connectivity index (χ3v) is 0.422. The molecule has 0 N–H and O–H groups in total. The van der Waals surface area contributed by atoms with Gasteiger partial charge in [-0.15, -0.1) is 0 Å². The van der Waals surface area contributed by atoms with Crippen LogP contribution in [0.1, 0.15) is 6.42 Å². The van der Waals surface area contributed by atoms with E-state index in [4.69, 9.17) is 0 Å². The van der Waals surface area contributed by atoms with Gasteiger partial charge in [-0.3, -0.25) is 4.39 Å². The van der Waals surface area contributed by atoms with E-state index in [2.05, 4.69) is 6.92 Å². The van der Waals surface area contributed by atoms with Gasteiger partial charge in [-0.2, -0.15) is 0 Å². The van der Waals surface area contributed by atoms with E-state index >= 15 is 0 Å². The summed E-state index contributed by atoms with van der Waals surface area (Å²) in [6.07, 6.45) is -1.30.